The number of sulfonamides is 1. The molecule has 3 heterocycles. The maximum atomic E-state index is 13.5. The number of methoxy groups -OCH3 is 1. The van der Waals surface area contributed by atoms with Crippen LogP contribution >= 0.6 is 0 Å². The average Bonchev–Trinajstić information content (AvgIpc) is 3.37. The number of aromatic nitrogens is 1. The van der Waals surface area contributed by atoms with Crippen molar-refractivity contribution in [1.82, 2.24) is 14.2 Å². The molecule has 0 aliphatic carbocycles. The molecule has 2 aliphatic heterocycles. The fourth-order valence-electron chi connectivity index (χ4n) is 5.67. The molecule has 9 nitrogen and oxygen atoms in total. The first kappa shape index (κ1) is 30.0. The highest BCUT2D eigenvalue weighted by Crippen LogP contribution is 2.25. The molecule has 2 fully saturated rings. The highest BCUT2D eigenvalue weighted by molar-refractivity contribution is 7.88. The highest BCUT2D eigenvalue weighted by atomic mass is 32.2. The van der Waals surface area contributed by atoms with Crippen LogP contribution in [0.3, 0.4) is 0 Å². The van der Waals surface area contributed by atoms with Crippen molar-refractivity contribution in [1.29, 1.82) is 0 Å². The van der Waals surface area contributed by atoms with Gasteiger partial charge in [0.15, 0.2) is 0 Å². The van der Waals surface area contributed by atoms with E-state index in [0.717, 1.165) is 36.3 Å². The van der Waals surface area contributed by atoms with Gasteiger partial charge in [-0.3, -0.25) is 4.79 Å². The van der Waals surface area contributed by atoms with E-state index >= 15 is 0 Å². The number of ether oxygens (including phenoxy) is 2. The minimum Gasteiger partial charge on any atom is -0.486 e. The lowest BCUT2D eigenvalue weighted by atomic mass is 10.0. The van der Waals surface area contributed by atoms with Crippen molar-refractivity contribution in [3.63, 3.8) is 0 Å². The molecule has 10 heteroatoms. The number of nitrogens with zero attached hydrogens (tertiary/aromatic N) is 4. The van der Waals surface area contributed by atoms with E-state index in [1.807, 2.05) is 68.4 Å². The van der Waals surface area contributed by atoms with Gasteiger partial charge in [-0.1, -0.05) is 35.9 Å². The maximum Gasteiger partial charge on any atom is 0.254 e. The monoisotopic (exact) mass is 592 g/mol. The third-order valence-electron chi connectivity index (χ3n) is 8.04. The van der Waals surface area contributed by atoms with Crippen molar-refractivity contribution in [2.45, 2.75) is 44.6 Å². The van der Waals surface area contributed by atoms with Gasteiger partial charge in [-0.25, -0.2) is 13.4 Å². The van der Waals surface area contributed by atoms with Crippen LogP contribution in [0.5, 0.6) is 5.75 Å². The van der Waals surface area contributed by atoms with Gasteiger partial charge in [-0.05, 0) is 68.1 Å². The Labute approximate surface area is 249 Å². The molecule has 2 saturated heterocycles. The number of aryl methyl sites for hydroxylation is 2. The third-order valence-corrected chi connectivity index (χ3v) is 9.89. The van der Waals surface area contributed by atoms with Gasteiger partial charge in [0.25, 0.3) is 5.91 Å². The SMILES string of the molecule is COC1CN(C(=O)c2cc(C)ccc2C)CC1Oc1cccc(CS(=O)(=O)N2CCCCN(c3ccccn3)CC2)c1. The number of rotatable bonds is 8. The van der Waals surface area contributed by atoms with Crippen LogP contribution in [-0.4, -0.2) is 87.1 Å². The summed E-state index contributed by atoms with van der Waals surface area (Å²) in [5.41, 5.74) is 3.31. The molecule has 5 rings (SSSR count). The van der Waals surface area contributed by atoms with Crippen molar-refractivity contribution >= 4 is 21.7 Å². The Balaban J connectivity index is 1.23. The van der Waals surface area contributed by atoms with Gasteiger partial charge in [-0.2, -0.15) is 4.31 Å². The molecule has 2 unspecified atom stereocenters. The minimum atomic E-state index is -3.55. The highest BCUT2D eigenvalue weighted by Gasteiger charge is 2.38. The Kier molecular flexibility index (Phi) is 9.45. The molecule has 3 aromatic rings. The summed E-state index contributed by atoms with van der Waals surface area (Å²) in [6, 6.07) is 18.9. The molecular weight excluding hydrogens is 552 g/mol. The smallest absolute Gasteiger partial charge is 0.254 e. The summed E-state index contributed by atoms with van der Waals surface area (Å²) in [5, 5.41) is 0. The average molecular weight is 593 g/mol. The molecule has 0 radical (unpaired) electrons. The second kappa shape index (κ2) is 13.2. The van der Waals surface area contributed by atoms with Crippen molar-refractivity contribution in [2.75, 3.05) is 51.3 Å². The van der Waals surface area contributed by atoms with Crippen LogP contribution in [0.2, 0.25) is 0 Å². The Morgan fingerprint density at radius 3 is 2.52 bits per heavy atom. The van der Waals surface area contributed by atoms with Gasteiger partial charge < -0.3 is 19.3 Å². The lowest BCUT2D eigenvalue weighted by Gasteiger charge is -2.31. The summed E-state index contributed by atoms with van der Waals surface area (Å²) in [5.74, 6) is 1.28. The zero-order valence-corrected chi connectivity index (χ0v) is 25.4. The van der Waals surface area contributed by atoms with E-state index in [-0.39, 0.29) is 23.9 Å². The largest absolute Gasteiger partial charge is 0.486 e. The summed E-state index contributed by atoms with van der Waals surface area (Å²) in [6.45, 7) is 7.10. The Morgan fingerprint density at radius 2 is 1.74 bits per heavy atom. The van der Waals surface area contributed by atoms with Crippen LogP contribution in [0.15, 0.2) is 66.9 Å². The molecule has 2 aromatic carbocycles. The number of hydrogen-bond donors (Lipinski definition) is 0. The van der Waals surface area contributed by atoms with Crippen molar-refractivity contribution in [2.24, 2.45) is 0 Å². The van der Waals surface area contributed by atoms with E-state index < -0.39 is 10.0 Å². The van der Waals surface area contributed by atoms with Crippen LogP contribution in [0.1, 0.15) is 39.9 Å². The lowest BCUT2D eigenvalue weighted by Crippen LogP contribution is -2.42. The second-order valence-corrected chi connectivity index (χ2v) is 13.1. The molecule has 42 heavy (non-hydrogen) atoms. The van der Waals surface area contributed by atoms with Gasteiger partial charge in [0.05, 0.1) is 18.8 Å². The van der Waals surface area contributed by atoms with E-state index in [1.54, 1.807) is 28.6 Å². The predicted molar refractivity (Wildman–Crippen MR) is 163 cm³/mol. The molecule has 1 amide bonds. The summed E-state index contributed by atoms with van der Waals surface area (Å²) >= 11 is 0. The molecule has 0 spiro atoms. The summed E-state index contributed by atoms with van der Waals surface area (Å²) in [7, 11) is -1.93. The van der Waals surface area contributed by atoms with E-state index in [2.05, 4.69) is 9.88 Å². The number of amides is 1. The number of hydrogen-bond acceptors (Lipinski definition) is 7. The molecule has 224 valence electrons. The van der Waals surface area contributed by atoms with Gasteiger partial charge in [0.1, 0.15) is 23.8 Å². The molecule has 0 saturated carbocycles. The van der Waals surface area contributed by atoms with Gasteiger partial charge >= 0.3 is 0 Å². The van der Waals surface area contributed by atoms with Crippen LogP contribution in [0.4, 0.5) is 5.82 Å². The fraction of sp³-hybridized carbons (Fsp3) is 0.438. The third kappa shape index (κ3) is 7.11. The first-order valence-corrected chi connectivity index (χ1v) is 16.1. The molecule has 2 atom stereocenters. The quantitative estimate of drug-likeness (QED) is 0.390. The van der Waals surface area contributed by atoms with Crippen molar-refractivity contribution < 1.29 is 22.7 Å². The normalized spacial score (nSPS) is 20.3. The van der Waals surface area contributed by atoms with Crippen LogP contribution in [-0.2, 0) is 20.5 Å². The number of carbonyl (C=O) groups excluding carboxylic acids is 1. The summed E-state index contributed by atoms with van der Waals surface area (Å²) in [6.07, 6.45) is 2.79. The number of anilines is 1. The van der Waals surface area contributed by atoms with Crippen molar-refractivity contribution in [3.8, 4) is 5.75 Å². The van der Waals surface area contributed by atoms with Crippen LogP contribution in [0.25, 0.3) is 0 Å². The van der Waals surface area contributed by atoms with Gasteiger partial charge in [0, 0.05) is 45.0 Å². The van der Waals surface area contributed by atoms with E-state index in [9.17, 15) is 13.2 Å². The van der Waals surface area contributed by atoms with Crippen LogP contribution < -0.4 is 9.64 Å². The zero-order chi connectivity index (χ0) is 29.7. The Bertz CT molecular complexity index is 1480. The first-order valence-electron chi connectivity index (χ1n) is 14.5. The summed E-state index contributed by atoms with van der Waals surface area (Å²) < 4.78 is 40.6. The predicted octanol–water partition coefficient (Wildman–Crippen LogP) is 4.05. The van der Waals surface area contributed by atoms with E-state index in [1.165, 1.54) is 0 Å². The Morgan fingerprint density at radius 1 is 0.929 bits per heavy atom. The zero-order valence-electron chi connectivity index (χ0n) is 24.6. The fourth-order valence-corrected chi connectivity index (χ4v) is 7.22. The second-order valence-electron chi connectivity index (χ2n) is 11.1. The molecule has 0 N–H and O–H groups in total. The number of pyridine rings is 1. The number of carbonyl (C=O) groups is 1. The van der Waals surface area contributed by atoms with E-state index in [4.69, 9.17) is 9.47 Å². The first-order chi connectivity index (χ1) is 20.2. The molecule has 1 aromatic heterocycles. The van der Waals surface area contributed by atoms with Gasteiger partial charge in [0.2, 0.25) is 10.0 Å². The van der Waals surface area contributed by atoms with Gasteiger partial charge in [-0.15, -0.1) is 0 Å². The van der Waals surface area contributed by atoms with E-state index in [0.29, 0.717) is 49.6 Å². The molecular formula is C32H40N4O5S. The number of benzene rings is 2. The summed E-state index contributed by atoms with van der Waals surface area (Å²) in [4.78, 5) is 21.7. The topological polar surface area (TPSA) is 92.3 Å². The lowest BCUT2D eigenvalue weighted by molar-refractivity contribution is 0.0339. The standard InChI is InChI=1S/C32H40N4O5S/c1-24-12-13-25(2)28(19-24)32(37)35-21-29(40-3)30(22-35)41-27-10-8-9-26(20-27)23-42(38,39)36-16-7-6-15-34(17-18-36)31-11-4-5-14-33-31/h4-5,8-14,19-20,29-30H,6-7,15-18,21-23H2,1-3H3. The maximum absolute atomic E-state index is 13.5. The minimum absolute atomic E-state index is 0.0425. The molecule has 0 bridgehead atoms. The molecule has 2 aliphatic rings. The Hall–Kier alpha value is -3.47. The van der Waals surface area contributed by atoms with Crippen LogP contribution in [0, 0.1) is 13.8 Å². The number of likely N-dealkylation sites (tertiary alicyclic amines) is 1. The van der Waals surface area contributed by atoms with Crippen molar-refractivity contribution in [3.05, 3.63) is 89.1 Å².